The standard InChI is InChI=1S/C23H33NO3/c1-15(2)16-9-11-17(12-10-16)21(25)18-13-19-7-6-8-20(14-18)24(19)22(26)27-23(3,4)5/h9-12,15,18-20H,6-8,13-14H2,1-5H3. The van der Waals surface area contributed by atoms with Gasteiger partial charge in [-0.3, -0.25) is 4.79 Å². The van der Waals surface area contributed by atoms with E-state index in [9.17, 15) is 9.59 Å². The highest BCUT2D eigenvalue weighted by atomic mass is 16.6. The number of ketones is 1. The molecule has 27 heavy (non-hydrogen) atoms. The number of amides is 1. The molecular weight excluding hydrogens is 338 g/mol. The van der Waals surface area contributed by atoms with Crippen LogP contribution in [0.5, 0.6) is 0 Å². The fourth-order valence-corrected chi connectivity index (χ4v) is 4.48. The lowest BCUT2D eigenvalue weighted by molar-refractivity contribution is -0.0260. The van der Waals surface area contributed by atoms with Crippen LogP contribution in [0.1, 0.15) is 88.6 Å². The molecule has 2 bridgehead atoms. The van der Waals surface area contributed by atoms with Gasteiger partial charge < -0.3 is 9.64 Å². The average Bonchev–Trinajstić information content (AvgIpc) is 2.58. The van der Waals surface area contributed by atoms with Gasteiger partial charge in [0.25, 0.3) is 0 Å². The molecule has 2 heterocycles. The van der Waals surface area contributed by atoms with Crippen LogP contribution in [0.3, 0.4) is 0 Å². The highest BCUT2D eigenvalue weighted by molar-refractivity contribution is 5.98. The molecule has 4 nitrogen and oxygen atoms in total. The second kappa shape index (κ2) is 7.65. The maximum atomic E-state index is 13.1. The molecule has 2 saturated heterocycles. The molecule has 0 aromatic heterocycles. The quantitative estimate of drug-likeness (QED) is 0.653. The van der Waals surface area contributed by atoms with Crippen molar-refractivity contribution in [3.05, 3.63) is 35.4 Å². The zero-order valence-corrected chi connectivity index (χ0v) is 17.3. The normalized spacial score (nSPS) is 25.4. The van der Waals surface area contributed by atoms with Crippen molar-refractivity contribution < 1.29 is 14.3 Å². The summed E-state index contributed by atoms with van der Waals surface area (Å²) in [5.41, 5.74) is 1.56. The third-order valence-corrected chi connectivity index (χ3v) is 5.81. The Morgan fingerprint density at radius 2 is 1.59 bits per heavy atom. The van der Waals surface area contributed by atoms with Crippen LogP contribution < -0.4 is 0 Å². The summed E-state index contributed by atoms with van der Waals surface area (Å²) in [4.78, 5) is 27.7. The van der Waals surface area contributed by atoms with Gasteiger partial charge in [0.1, 0.15) is 5.60 Å². The van der Waals surface area contributed by atoms with E-state index in [1.807, 2.05) is 37.8 Å². The molecule has 2 aliphatic heterocycles. The topological polar surface area (TPSA) is 46.6 Å². The van der Waals surface area contributed by atoms with Gasteiger partial charge in [0.15, 0.2) is 5.78 Å². The second-order valence-corrected chi connectivity index (χ2v) is 9.44. The number of piperidine rings is 2. The number of hydrogen-bond acceptors (Lipinski definition) is 3. The van der Waals surface area contributed by atoms with E-state index in [0.717, 1.165) is 37.7 Å². The van der Waals surface area contributed by atoms with E-state index in [-0.39, 0.29) is 29.9 Å². The van der Waals surface area contributed by atoms with Crippen LogP contribution in [0.15, 0.2) is 24.3 Å². The minimum absolute atomic E-state index is 0.00360. The molecule has 0 saturated carbocycles. The lowest BCUT2D eigenvalue weighted by Crippen LogP contribution is -2.56. The van der Waals surface area contributed by atoms with Crippen molar-refractivity contribution in [2.24, 2.45) is 5.92 Å². The van der Waals surface area contributed by atoms with Gasteiger partial charge >= 0.3 is 6.09 Å². The molecule has 0 N–H and O–H groups in total. The maximum Gasteiger partial charge on any atom is 0.410 e. The van der Waals surface area contributed by atoms with Gasteiger partial charge in [-0.2, -0.15) is 0 Å². The van der Waals surface area contributed by atoms with E-state index in [1.165, 1.54) is 5.56 Å². The third-order valence-electron chi connectivity index (χ3n) is 5.81. The highest BCUT2D eigenvalue weighted by Crippen LogP contribution is 2.39. The fourth-order valence-electron chi connectivity index (χ4n) is 4.48. The predicted octanol–water partition coefficient (Wildman–Crippen LogP) is 5.56. The van der Waals surface area contributed by atoms with Gasteiger partial charge in [0, 0.05) is 23.6 Å². The van der Waals surface area contributed by atoms with Crippen LogP contribution in [0, 0.1) is 5.92 Å². The molecule has 2 fully saturated rings. The number of hydrogen-bond donors (Lipinski definition) is 0. The summed E-state index contributed by atoms with van der Waals surface area (Å²) < 4.78 is 5.63. The van der Waals surface area contributed by atoms with Crippen molar-refractivity contribution in [2.75, 3.05) is 0 Å². The summed E-state index contributed by atoms with van der Waals surface area (Å²) in [6.07, 6.45) is 4.33. The third kappa shape index (κ3) is 4.53. The number of ether oxygens (including phenoxy) is 1. The molecule has 2 atom stereocenters. The number of rotatable bonds is 3. The summed E-state index contributed by atoms with van der Waals surface area (Å²) in [6, 6.07) is 8.30. The summed E-state index contributed by atoms with van der Waals surface area (Å²) in [7, 11) is 0. The van der Waals surface area contributed by atoms with E-state index in [0.29, 0.717) is 5.92 Å². The Labute approximate surface area is 163 Å². The maximum absolute atomic E-state index is 13.1. The van der Waals surface area contributed by atoms with E-state index >= 15 is 0 Å². The second-order valence-electron chi connectivity index (χ2n) is 9.44. The largest absolute Gasteiger partial charge is 0.444 e. The summed E-state index contributed by atoms with van der Waals surface area (Å²) in [5, 5.41) is 0. The van der Waals surface area contributed by atoms with Crippen LogP contribution >= 0.6 is 0 Å². The van der Waals surface area contributed by atoms with Crippen molar-refractivity contribution in [1.82, 2.24) is 4.90 Å². The number of benzene rings is 1. The summed E-state index contributed by atoms with van der Waals surface area (Å²) >= 11 is 0. The highest BCUT2D eigenvalue weighted by Gasteiger charge is 2.44. The van der Waals surface area contributed by atoms with Gasteiger partial charge in [-0.05, 0) is 64.4 Å². The Hall–Kier alpha value is -1.84. The van der Waals surface area contributed by atoms with Gasteiger partial charge in [-0.1, -0.05) is 38.1 Å². The number of carbonyl (C=O) groups excluding carboxylic acids is 2. The minimum Gasteiger partial charge on any atom is -0.444 e. The number of fused-ring (bicyclic) bond motifs is 2. The summed E-state index contributed by atoms with van der Waals surface area (Å²) in [6.45, 7) is 10.0. The minimum atomic E-state index is -0.490. The molecule has 2 aliphatic rings. The molecule has 1 aromatic carbocycles. The lowest BCUT2D eigenvalue weighted by atomic mass is 9.75. The number of nitrogens with zero attached hydrogens (tertiary/aromatic N) is 1. The molecule has 0 radical (unpaired) electrons. The van der Waals surface area contributed by atoms with Crippen LogP contribution in [0.25, 0.3) is 0 Å². The van der Waals surface area contributed by atoms with E-state index in [4.69, 9.17) is 4.74 Å². The van der Waals surface area contributed by atoms with Crippen molar-refractivity contribution >= 4 is 11.9 Å². The van der Waals surface area contributed by atoms with Crippen LogP contribution in [0.2, 0.25) is 0 Å². The van der Waals surface area contributed by atoms with E-state index in [2.05, 4.69) is 26.0 Å². The van der Waals surface area contributed by atoms with E-state index < -0.39 is 5.60 Å². The van der Waals surface area contributed by atoms with Gasteiger partial charge in [0.2, 0.25) is 0 Å². The molecule has 1 amide bonds. The van der Waals surface area contributed by atoms with Crippen molar-refractivity contribution in [3.63, 3.8) is 0 Å². The smallest absolute Gasteiger partial charge is 0.410 e. The molecule has 2 unspecified atom stereocenters. The number of carbonyl (C=O) groups is 2. The lowest BCUT2D eigenvalue weighted by Gasteiger charge is -2.48. The Kier molecular flexibility index (Phi) is 5.64. The van der Waals surface area contributed by atoms with E-state index in [1.54, 1.807) is 0 Å². The monoisotopic (exact) mass is 371 g/mol. The molecule has 0 spiro atoms. The number of Topliss-reactive ketones (excluding diaryl/α,β-unsaturated/α-hetero) is 1. The summed E-state index contributed by atoms with van der Waals surface area (Å²) in [5.74, 6) is 0.695. The molecule has 0 aliphatic carbocycles. The van der Waals surface area contributed by atoms with Crippen LogP contribution in [-0.4, -0.2) is 34.5 Å². The fraction of sp³-hybridized carbons (Fsp3) is 0.652. The Morgan fingerprint density at radius 3 is 2.07 bits per heavy atom. The van der Waals surface area contributed by atoms with Crippen molar-refractivity contribution in [1.29, 1.82) is 0 Å². The molecule has 1 aromatic rings. The molecular formula is C23H33NO3. The zero-order chi connectivity index (χ0) is 19.8. The van der Waals surface area contributed by atoms with Crippen molar-refractivity contribution in [3.8, 4) is 0 Å². The predicted molar refractivity (Wildman–Crippen MR) is 107 cm³/mol. The van der Waals surface area contributed by atoms with Gasteiger partial charge in [-0.25, -0.2) is 4.79 Å². The molecule has 4 heteroatoms. The SMILES string of the molecule is CC(C)c1ccc(C(=O)C2CC3CCCC(C2)N3C(=O)OC(C)(C)C)cc1. The molecule has 148 valence electrons. The first kappa shape index (κ1) is 19.9. The van der Waals surface area contributed by atoms with Crippen LogP contribution in [0.4, 0.5) is 4.79 Å². The molecule has 3 rings (SSSR count). The van der Waals surface area contributed by atoms with Crippen LogP contribution in [-0.2, 0) is 4.74 Å². The van der Waals surface area contributed by atoms with Gasteiger partial charge in [-0.15, -0.1) is 0 Å². The first-order valence-electron chi connectivity index (χ1n) is 10.3. The Balaban J connectivity index is 1.72. The first-order valence-corrected chi connectivity index (χ1v) is 10.3. The Morgan fingerprint density at radius 1 is 1.04 bits per heavy atom. The van der Waals surface area contributed by atoms with Crippen molar-refractivity contribution in [2.45, 2.75) is 90.3 Å². The average molecular weight is 372 g/mol. The Bertz CT molecular complexity index is 673. The first-order chi connectivity index (χ1) is 12.7. The van der Waals surface area contributed by atoms with Gasteiger partial charge in [0.05, 0.1) is 0 Å². The zero-order valence-electron chi connectivity index (χ0n) is 17.3.